The van der Waals surface area contributed by atoms with E-state index >= 15 is 0 Å². The molecule has 1 rings (SSSR count). The Morgan fingerprint density at radius 3 is 2.46 bits per heavy atom. The first kappa shape index (κ1) is 21.4. The highest BCUT2D eigenvalue weighted by molar-refractivity contribution is 5.38. The fourth-order valence-electron chi connectivity index (χ4n) is 2.21. The van der Waals surface area contributed by atoms with E-state index in [2.05, 4.69) is 17.2 Å². The second-order valence-electron chi connectivity index (χ2n) is 5.74. The molecule has 0 heterocycles. The highest BCUT2D eigenvalue weighted by Gasteiger charge is 2.25. The minimum Gasteiger partial charge on any atom is -0.382 e. The number of alkyl halides is 1. The molecule has 1 aliphatic rings. The van der Waals surface area contributed by atoms with Gasteiger partial charge in [0.25, 0.3) is 0 Å². The third-order valence-electron chi connectivity index (χ3n) is 3.78. The first-order chi connectivity index (χ1) is 12.5. The van der Waals surface area contributed by atoms with Crippen LogP contribution < -0.4 is 10.6 Å². The normalized spacial score (nSPS) is 17.0. The number of allylic oxidation sites excluding steroid dienone is 8. The van der Waals surface area contributed by atoms with Gasteiger partial charge in [0.2, 0.25) is 0 Å². The zero-order valence-corrected chi connectivity index (χ0v) is 15.2. The molecule has 1 aliphatic carbocycles. The molecule has 1 saturated carbocycles. The lowest BCUT2D eigenvalue weighted by molar-refractivity contribution is 0.526. The molecule has 0 aromatic heterocycles. The van der Waals surface area contributed by atoms with E-state index in [-0.39, 0.29) is 17.8 Å². The van der Waals surface area contributed by atoms with Crippen LogP contribution in [0.2, 0.25) is 0 Å². The Labute approximate surface area is 153 Å². The summed E-state index contributed by atoms with van der Waals surface area (Å²) in [6, 6.07) is 0. The third-order valence-corrected chi connectivity index (χ3v) is 3.78. The lowest BCUT2D eigenvalue weighted by Gasteiger charge is -2.11. The van der Waals surface area contributed by atoms with Gasteiger partial charge in [-0.25, -0.2) is 8.78 Å². The average molecular weight is 362 g/mol. The highest BCUT2D eigenvalue weighted by Crippen LogP contribution is 2.35. The van der Waals surface area contributed by atoms with E-state index < -0.39 is 18.3 Å². The minimum atomic E-state index is -1.07. The van der Waals surface area contributed by atoms with E-state index in [1.807, 2.05) is 19.9 Å². The molecule has 0 aromatic rings. The number of halogens is 3. The zero-order valence-electron chi connectivity index (χ0n) is 15.2. The van der Waals surface area contributed by atoms with Crippen LogP contribution in [-0.4, -0.2) is 13.2 Å². The first-order valence-electron chi connectivity index (χ1n) is 8.45. The number of hydrogen-bond donors (Lipinski definition) is 2. The van der Waals surface area contributed by atoms with Gasteiger partial charge in [-0.1, -0.05) is 24.8 Å². The molecule has 1 fully saturated rings. The Bertz CT molecular complexity index is 699. The number of nitrogens with one attached hydrogen (secondary N) is 2. The maximum atomic E-state index is 14.4. The smallest absolute Gasteiger partial charge is 0.180 e. The molecular weight excluding hydrogens is 337 g/mol. The van der Waals surface area contributed by atoms with Gasteiger partial charge in [0.15, 0.2) is 5.83 Å². The van der Waals surface area contributed by atoms with Crippen LogP contribution in [0.4, 0.5) is 13.2 Å². The molecule has 140 valence electrons. The van der Waals surface area contributed by atoms with Crippen molar-refractivity contribution in [3.63, 3.8) is 0 Å². The van der Waals surface area contributed by atoms with Gasteiger partial charge in [0.05, 0.1) is 5.70 Å². The molecule has 2 N–H and O–H groups in total. The van der Waals surface area contributed by atoms with E-state index in [4.69, 9.17) is 6.42 Å². The lowest BCUT2D eigenvalue weighted by Crippen LogP contribution is -2.16. The standard InChI is InChI=1S/C21H25F3N2/c1-5-9-21(26-20(7-3)16-11-12-16)19(24)10-8-13-25-15(4)17(14-22)18(23)6-2/h2,5,7-10,16,25-26H,4,11-14H2,1,3H3/b9-5-,10-8+,18-17+,20-7-,21-19-. The Morgan fingerprint density at radius 2 is 1.96 bits per heavy atom. The van der Waals surface area contributed by atoms with Crippen molar-refractivity contribution >= 4 is 0 Å². The molecule has 0 radical (unpaired) electrons. The molecule has 0 saturated heterocycles. The predicted octanol–water partition coefficient (Wildman–Crippen LogP) is 5.13. The zero-order chi connectivity index (χ0) is 19.5. The number of rotatable bonds is 10. The van der Waals surface area contributed by atoms with E-state index in [9.17, 15) is 13.2 Å². The molecule has 26 heavy (non-hydrogen) atoms. The Hall–Kier alpha value is -2.61. The third kappa shape index (κ3) is 6.72. The molecule has 5 heteroatoms. The summed E-state index contributed by atoms with van der Waals surface area (Å²) in [5.74, 6) is 0.769. The molecule has 0 spiro atoms. The fourth-order valence-corrected chi connectivity index (χ4v) is 2.21. The summed E-state index contributed by atoms with van der Waals surface area (Å²) in [6.45, 7) is 6.35. The van der Waals surface area contributed by atoms with Crippen LogP contribution in [0, 0.1) is 18.3 Å². The van der Waals surface area contributed by atoms with Gasteiger partial charge in [0.1, 0.15) is 12.5 Å². The maximum Gasteiger partial charge on any atom is 0.180 e. The summed E-state index contributed by atoms with van der Waals surface area (Å²) in [6.07, 6.45) is 15.3. The van der Waals surface area contributed by atoms with Crippen LogP contribution in [0.15, 0.2) is 71.3 Å². The van der Waals surface area contributed by atoms with Crippen molar-refractivity contribution in [1.29, 1.82) is 0 Å². The van der Waals surface area contributed by atoms with Crippen LogP contribution in [-0.2, 0) is 0 Å². The molecule has 0 aliphatic heterocycles. The SMILES string of the molecule is C#C/C(F)=C(/CF)C(=C)NC/C=C/C(F)=C(\C=C/C)N/C(=C\C)C1CC1. The summed E-state index contributed by atoms with van der Waals surface area (Å²) in [7, 11) is 0. The monoisotopic (exact) mass is 362 g/mol. The second kappa shape index (κ2) is 11.1. The van der Waals surface area contributed by atoms with E-state index in [0.29, 0.717) is 11.6 Å². The molecular formula is C21H25F3N2. The van der Waals surface area contributed by atoms with E-state index in [1.54, 1.807) is 18.1 Å². The molecule has 0 bridgehead atoms. The molecule has 0 aromatic carbocycles. The quantitative estimate of drug-likeness (QED) is 0.416. The van der Waals surface area contributed by atoms with E-state index in [1.165, 1.54) is 12.2 Å². The van der Waals surface area contributed by atoms with Crippen molar-refractivity contribution in [2.75, 3.05) is 13.2 Å². The van der Waals surface area contributed by atoms with Gasteiger partial charge in [0, 0.05) is 23.5 Å². The Balaban J connectivity index is 2.73. The summed E-state index contributed by atoms with van der Waals surface area (Å²) >= 11 is 0. The Morgan fingerprint density at radius 1 is 1.27 bits per heavy atom. The van der Waals surface area contributed by atoms with Crippen LogP contribution in [0.25, 0.3) is 0 Å². The topological polar surface area (TPSA) is 24.1 Å². The minimum absolute atomic E-state index is 0.0359. The van der Waals surface area contributed by atoms with Crippen molar-refractivity contribution in [2.45, 2.75) is 26.7 Å². The summed E-state index contributed by atoms with van der Waals surface area (Å²) in [4.78, 5) is 0. The van der Waals surface area contributed by atoms with Crippen LogP contribution in [0.5, 0.6) is 0 Å². The van der Waals surface area contributed by atoms with Gasteiger partial charge in [-0.2, -0.15) is 4.39 Å². The molecule has 0 amide bonds. The van der Waals surface area contributed by atoms with Gasteiger partial charge in [-0.05, 0) is 50.7 Å². The van der Waals surface area contributed by atoms with Crippen LogP contribution in [0.1, 0.15) is 26.7 Å². The second-order valence-corrected chi connectivity index (χ2v) is 5.74. The maximum absolute atomic E-state index is 14.4. The lowest BCUT2D eigenvalue weighted by atomic mass is 10.2. The van der Waals surface area contributed by atoms with Gasteiger partial charge < -0.3 is 10.6 Å². The summed E-state index contributed by atoms with van der Waals surface area (Å²) in [5, 5.41) is 5.83. The van der Waals surface area contributed by atoms with Crippen LogP contribution in [0.3, 0.4) is 0 Å². The molecule has 2 nitrogen and oxygen atoms in total. The average Bonchev–Trinajstić information content (AvgIpc) is 3.47. The number of terminal acetylenes is 1. The van der Waals surface area contributed by atoms with Crippen molar-refractivity contribution in [1.82, 2.24) is 10.6 Å². The predicted molar refractivity (Wildman–Crippen MR) is 102 cm³/mol. The van der Waals surface area contributed by atoms with Gasteiger partial charge in [-0.15, -0.1) is 6.42 Å². The largest absolute Gasteiger partial charge is 0.382 e. The van der Waals surface area contributed by atoms with Crippen molar-refractivity contribution in [2.24, 2.45) is 5.92 Å². The van der Waals surface area contributed by atoms with Crippen molar-refractivity contribution < 1.29 is 13.2 Å². The summed E-state index contributed by atoms with van der Waals surface area (Å²) < 4.78 is 40.5. The van der Waals surface area contributed by atoms with Crippen LogP contribution >= 0.6 is 0 Å². The highest BCUT2D eigenvalue weighted by atomic mass is 19.1. The Kier molecular flexibility index (Phi) is 9.14. The molecule has 0 unspecified atom stereocenters. The summed E-state index contributed by atoms with van der Waals surface area (Å²) in [5.41, 5.74) is 1.10. The first-order valence-corrected chi connectivity index (χ1v) is 8.45. The van der Waals surface area contributed by atoms with Gasteiger partial charge >= 0.3 is 0 Å². The van der Waals surface area contributed by atoms with Gasteiger partial charge in [-0.3, -0.25) is 0 Å². The van der Waals surface area contributed by atoms with Crippen molar-refractivity contribution in [3.05, 3.63) is 71.3 Å². The fraction of sp³-hybridized carbons (Fsp3) is 0.333. The van der Waals surface area contributed by atoms with Crippen molar-refractivity contribution in [3.8, 4) is 12.3 Å². The number of hydrogen-bond acceptors (Lipinski definition) is 2. The van der Waals surface area contributed by atoms with E-state index in [0.717, 1.165) is 18.5 Å². The molecule has 0 atom stereocenters.